The number of aryl methyl sites for hydroxylation is 3. The lowest BCUT2D eigenvalue weighted by molar-refractivity contribution is -0.130. The highest BCUT2D eigenvalue weighted by Gasteiger charge is 2.26. The van der Waals surface area contributed by atoms with Crippen LogP contribution in [-0.2, 0) is 22.4 Å². The van der Waals surface area contributed by atoms with Gasteiger partial charge < -0.3 is 28.7 Å². The number of benzene rings is 3. The van der Waals surface area contributed by atoms with Gasteiger partial charge in [0.15, 0.2) is 34.6 Å². The third-order valence-corrected chi connectivity index (χ3v) is 8.13. The number of nitrogens with one attached hydrogen (secondary N) is 1. The molecular formula is C36H40N2O6. The minimum Gasteiger partial charge on any atom is -0.493 e. The second-order valence-corrected chi connectivity index (χ2v) is 11.2. The second-order valence-electron chi connectivity index (χ2n) is 11.2. The molecule has 1 unspecified atom stereocenters. The number of rotatable bonds is 7. The minimum atomic E-state index is -0.442. The lowest BCUT2D eigenvalue weighted by Gasteiger charge is -2.23. The van der Waals surface area contributed by atoms with Crippen molar-refractivity contribution in [1.82, 2.24) is 4.98 Å². The molecule has 0 saturated carbocycles. The minimum absolute atomic E-state index is 0.278. The van der Waals surface area contributed by atoms with Crippen molar-refractivity contribution in [2.45, 2.75) is 52.4 Å². The van der Waals surface area contributed by atoms with Gasteiger partial charge in [0, 0.05) is 29.4 Å². The number of nitrogens with zero attached hydrogens (tertiary/aromatic N) is 1. The van der Waals surface area contributed by atoms with Gasteiger partial charge in [-0.15, -0.1) is 0 Å². The van der Waals surface area contributed by atoms with Gasteiger partial charge in [-0.25, -0.2) is 9.79 Å². The molecule has 1 aliphatic carbocycles. The lowest BCUT2D eigenvalue weighted by atomic mass is 9.82. The number of carbonyl (C=O) groups is 1. The number of aromatic nitrogens is 1. The van der Waals surface area contributed by atoms with Crippen LogP contribution >= 0.6 is 0 Å². The van der Waals surface area contributed by atoms with Gasteiger partial charge in [0.05, 0.1) is 28.4 Å². The van der Waals surface area contributed by atoms with E-state index in [0.29, 0.717) is 23.3 Å². The first-order chi connectivity index (χ1) is 21.2. The van der Waals surface area contributed by atoms with Crippen LogP contribution in [0.25, 0.3) is 17.0 Å². The van der Waals surface area contributed by atoms with Crippen molar-refractivity contribution in [3.05, 3.63) is 87.7 Å². The fourth-order valence-corrected chi connectivity index (χ4v) is 6.21. The van der Waals surface area contributed by atoms with E-state index in [1.807, 2.05) is 12.1 Å². The fraction of sp³-hybridized carbons (Fsp3) is 0.333. The van der Waals surface area contributed by atoms with Gasteiger partial charge in [-0.2, -0.15) is 0 Å². The van der Waals surface area contributed by atoms with E-state index in [2.05, 4.69) is 48.1 Å². The number of hydrogen-bond acceptors (Lipinski definition) is 7. The lowest BCUT2D eigenvalue weighted by Crippen LogP contribution is -2.12. The van der Waals surface area contributed by atoms with E-state index in [1.165, 1.54) is 58.1 Å². The van der Waals surface area contributed by atoms with Crippen LogP contribution < -0.4 is 18.9 Å². The highest BCUT2D eigenvalue weighted by molar-refractivity contribution is 6.06. The molecule has 8 heteroatoms. The summed E-state index contributed by atoms with van der Waals surface area (Å²) < 4.78 is 26.0. The molecule has 2 aliphatic rings. The van der Waals surface area contributed by atoms with Crippen LogP contribution in [0.15, 0.2) is 59.2 Å². The highest BCUT2D eigenvalue weighted by Crippen LogP contribution is 2.40. The Morgan fingerprint density at radius 2 is 1.57 bits per heavy atom. The molecule has 1 N–H and O–H groups in total. The van der Waals surface area contributed by atoms with Crippen LogP contribution in [0.5, 0.6) is 23.0 Å². The Morgan fingerprint density at radius 3 is 2.23 bits per heavy atom. The van der Waals surface area contributed by atoms with Gasteiger partial charge in [-0.05, 0) is 104 Å². The molecule has 1 aromatic heterocycles. The van der Waals surface area contributed by atoms with Crippen molar-refractivity contribution in [2.75, 3.05) is 28.4 Å². The SMILES string of the molecule is COc1ccc(/C=C2\N=C(C)OC2=O)cc1OC.COc1ccc(CC2CCCc3c2[nH]c2cc(C)cc(C)c32)cc1OC. The summed E-state index contributed by atoms with van der Waals surface area (Å²) in [4.78, 5) is 19.2. The Morgan fingerprint density at radius 1 is 0.886 bits per heavy atom. The predicted molar refractivity (Wildman–Crippen MR) is 173 cm³/mol. The Hall–Kier alpha value is -4.72. The van der Waals surface area contributed by atoms with Crippen LogP contribution in [-0.4, -0.2) is 45.3 Å². The maximum atomic E-state index is 11.4. The van der Waals surface area contributed by atoms with E-state index in [-0.39, 0.29) is 5.70 Å². The maximum Gasteiger partial charge on any atom is 0.363 e. The molecule has 3 aromatic carbocycles. The molecule has 0 fully saturated rings. The largest absolute Gasteiger partial charge is 0.493 e. The number of esters is 1. The molecule has 6 rings (SSSR count). The number of aliphatic imine (C=N–C) groups is 1. The van der Waals surface area contributed by atoms with E-state index in [1.54, 1.807) is 53.6 Å². The summed E-state index contributed by atoms with van der Waals surface area (Å²) in [6, 6.07) is 16.2. The maximum absolute atomic E-state index is 11.4. The van der Waals surface area contributed by atoms with Gasteiger partial charge in [-0.1, -0.05) is 18.2 Å². The molecule has 0 radical (unpaired) electrons. The first-order valence-corrected chi connectivity index (χ1v) is 14.8. The van der Waals surface area contributed by atoms with Gasteiger partial charge in [0.1, 0.15) is 0 Å². The fourth-order valence-electron chi connectivity index (χ4n) is 6.21. The van der Waals surface area contributed by atoms with Crippen LogP contribution in [0.2, 0.25) is 0 Å². The summed E-state index contributed by atoms with van der Waals surface area (Å²) in [6.45, 7) is 6.04. The smallest absolute Gasteiger partial charge is 0.363 e. The summed E-state index contributed by atoms with van der Waals surface area (Å²) in [5.41, 5.74) is 9.36. The first kappa shape index (κ1) is 30.7. The normalized spacial score (nSPS) is 16.5. The summed E-state index contributed by atoms with van der Waals surface area (Å²) in [5.74, 6) is 3.27. The van der Waals surface area contributed by atoms with Crippen molar-refractivity contribution in [3.8, 4) is 23.0 Å². The third-order valence-electron chi connectivity index (χ3n) is 8.13. The van der Waals surface area contributed by atoms with E-state index in [0.717, 1.165) is 23.5 Å². The van der Waals surface area contributed by atoms with Gasteiger partial charge in [0.25, 0.3) is 0 Å². The van der Waals surface area contributed by atoms with Crippen molar-refractivity contribution in [3.63, 3.8) is 0 Å². The van der Waals surface area contributed by atoms with E-state index < -0.39 is 5.97 Å². The molecule has 230 valence electrons. The molecule has 1 aliphatic heterocycles. The van der Waals surface area contributed by atoms with Crippen LogP contribution in [0.1, 0.15) is 59.2 Å². The topological polar surface area (TPSA) is 91.4 Å². The van der Waals surface area contributed by atoms with Crippen LogP contribution in [0.3, 0.4) is 0 Å². The average molecular weight is 597 g/mol. The Balaban J connectivity index is 0.000000187. The van der Waals surface area contributed by atoms with Gasteiger partial charge in [0.2, 0.25) is 0 Å². The quantitative estimate of drug-likeness (QED) is 0.176. The molecule has 44 heavy (non-hydrogen) atoms. The molecule has 4 aromatic rings. The molecule has 0 bridgehead atoms. The molecule has 0 amide bonds. The zero-order chi connectivity index (χ0) is 31.4. The summed E-state index contributed by atoms with van der Waals surface area (Å²) in [5, 5.41) is 1.45. The van der Waals surface area contributed by atoms with Crippen molar-refractivity contribution >= 4 is 28.8 Å². The number of aromatic amines is 1. The zero-order valence-electron chi connectivity index (χ0n) is 26.5. The summed E-state index contributed by atoms with van der Waals surface area (Å²) in [7, 11) is 6.50. The van der Waals surface area contributed by atoms with Crippen LogP contribution in [0, 0.1) is 13.8 Å². The number of carbonyl (C=O) groups excluding carboxylic acids is 1. The molecule has 0 saturated heterocycles. The Bertz CT molecular complexity index is 1750. The number of H-pyrrole nitrogens is 1. The number of cyclic esters (lactones) is 1. The van der Waals surface area contributed by atoms with Crippen molar-refractivity contribution in [1.29, 1.82) is 0 Å². The number of methoxy groups -OCH3 is 4. The number of hydrogen-bond donors (Lipinski definition) is 1. The van der Waals surface area contributed by atoms with E-state index in [4.69, 9.17) is 23.7 Å². The Labute approximate surface area is 258 Å². The highest BCUT2D eigenvalue weighted by atomic mass is 16.6. The van der Waals surface area contributed by atoms with Gasteiger partial charge in [-0.3, -0.25) is 0 Å². The summed E-state index contributed by atoms with van der Waals surface area (Å²) in [6.07, 6.45) is 6.33. The standard InChI is InChI=1S/C23H27NO2.C13H13NO4/c1-14-10-15(2)22-18-7-5-6-17(23(18)24-19(22)11-14)12-16-8-9-20(25-3)21(13-16)26-4;1-8-14-10(13(15)18-8)6-9-4-5-11(16-2)12(7-9)17-3/h8-11,13,17,24H,5-7,12H2,1-4H3;4-7H,1-3H3/b;10-6-. The van der Waals surface area contributed by atoms with E-state index in [9.17, 15) is 4.79 Å². The molecule has 2 heterocycles. The Kier molecular flexibility index (Phi) is 9.28. The number of fused-ring (bicyclic) bond motifs is 3. The summed E-state index contributed by atoms with van der Waals surface area (Å²) >= 11 is 0. The molecular weight excluding hydrogens is 556 g/mol. The molecule has 0 spiro atoms. The molecule has 8 nitrogen and oxygen atoms in total. The number of ether oxygens (including phenoxy) is 5. The van der Waals surface area contributed by atoms with Crippen molar-refractivity contribution < 1.29 is 28.5 Å². The average Bonchev–Trinajstić information content (AvgIpc) is 3.55. The monoisotopic (exact) mass is 596 g/mol. The third kappa shape index (κ3) is 6.44. The van der Waals surface area contributed by atoms with Crippen molar-refractivity contribution in [2.24, 2.45) is 4.99 Å². The first-order valence-electron chi connectivity index (χ1n) is 14.8. The second kappa shape index (κ2) is 13.3. The van der Waals surface area contributed by atoms with Crippen LogP contribution in [0.4, 0.5) is 0 Å². The van der Waals surface area contributed by atoms with E-state index >= 15 is 0 Å². The molecule has 1 atom stereocenters. The van der Waals surface area contributed by atoms with Gasteiger partial charge >= 0.3 is 5.97 Å². The predicted octanol–water partition coefficient (Wildman–Crippen LogP) is 7.48. The zero-order valence-corrected chi connectivity index (χ0v) is 26.5.